The van der Waals surface area contributed by atoms with Crippen molar-refractivity contribution in [2.45, 2.75) is 25.8 Å². The van der Waals surface area contributed by atoms with Crippen molar-refractivity contribution in [2.24, 2.45) is 0 Å². The van der Waals surface area contributed by atoms with E-state index in [0.29, 0.717) is 18.5 Å². The summed E-state index contributed by atoms with van der Waals surface area (Å²) < 4.78 is 4.81. The fourth-order valence-electron chi connectivity index (χ4n) is 1.92. The van der Waals surface area contributed by atoms with Crippen LogP contribution in [0.2, 0.25) is 0 Å². The normalized spacial score (nSPS) is 21.1. The van der Waals surface area contributed by atoms with E-state index < -0.39 is 0 Å². The van der Waals surface area contributed by atoms with E-state index >= 15 is 0 Å². The average molecular weight is 224 g/mol. The zero-order chi connectivity index (χ0) is 11.5. The third-order valence-corrected chi connectivity index (χ3v) is 2.84. The van der Waals surface area contributed by atoms with Gasteiger partial charge in [0.15, 0.2) is 0 Å². The molecular formula is C10H16N4O2. The van der Waals surface area contributed by atoms with E-state index in [1.54, 1.807) is 11.8 Å². The molecule has 6 nitrogen and oxygen atoms in total. The number of nitrogens with one attached hydrogen (secondary N) is 1. The van der Waals surface area contributed by atoms with Crippen molar-refractivity contribution in [3.63, 3.8) is 0 Å². The first-order valence-corrected chi connectivity index (χ1v) is 5.47. The van der Waals surface area contributed by atoms with Gasteiger partial charge in [0.1, 0.15) is 0 Å². The van der Waals surface area contributed by atoms with Gasteiger partial charge in [-0.15, -0.1) is 0 Å². The van der Waals surface area contributed by atoms with Gasteiger partial charge in [-0.3, -0.25) is 4.79 Å². The minimum Gasteiger partial charge on any atom is -0.339 e. The predicted octanol–water partition coefficient (Wildman–Crippen LogP) is 0.202. The molecule has 88 valence electrons. The van der Waals surface area contributed by atoms with E-state index in [-0.39, 0.29) is 11.7 Å². The average Bonchev–Trinajstić information content (AvgIpc) is 2.75. The molecular weight excluding hydrogens is 208 g/mol. The van der Waals surface area contributed by atoms with Crippen molar-refractivity contribution < 1.29 is 9.32 Å². The minimum absolute atomic E-state index is 0.142. The molecule has 0 saturated carbocycles. The molecule has 1 aliphatic heterocycles. The molecule has 1 amide bonds. The maximum Gasteiger partial charge on any atom is 0.295 e. The molecule has 2 rings (SSSR count). The summed E-state index contributed by atoms with van der Waals surface area (Å²) in [7, 11) is 1.91. The molecule has 0 aliphatic carbocycles. The fraction of sp³-hybridized carbons (Fsp3) is 0.700. The largest absolute Gasteiger partial charge is 0.339 e. The number of hydrogen-bond acceptors (Lipinski definition) is 5. The molecule has 1 aromatic rings. The highest BCUT2D eigenvalue weighted by molar-refractivity contribution is 5.90. The lowest BCUT2D eigenvalue weighted by Crippen LogP contribution is -2.47. The highest BCUT2D eigenvalue weighted by Gasteiger charge is 2.26. The van der Waals surface area contributed by atoms with Gasteiger partial charge in [0.2, 0.25) is 5.89 Å². The Morgan fingerprint density at radius 2 is 2.44 bits per heavy atom. The molecule has 1 unspecified atom stereocenters. The van der Waals surface area contributed by atoms with Crippen LogP contribution in [0.15, 0.2) is 4.52 Å². The van der Waals surface area contributed by atoms with Crippen LogP contribution in [0.25, 0.3) is 0 Å². The van der Waals surface area contributed by atoms with Gasteiger partial charge in [0.05, 0.1) is 0 Å². The zero-order valence-corrected chi connectivity index (χ0v) is 9.56. The number of rotatable bonds is 2. The first-order chi connectivity index (χ1) is 7.70. The lowest BCUT2D eigenvalue weighted by molar-refractivity contribution is 0.0682. The number of amides is 1. The van der Waals surface area contributed by atoms with E-state index in [4.69, 9.17) is 4.52 Å². The summed E-state index contributed by atoms with van der Waals surface area (Å²) in [5, 5.41) is 6.83. The monoisotopic (exact) mass is 224 g/mol. The number of likely N-dealkylation sites (tertiary alicyclic amines) is 1. The summed E-state index contributed by atoms with van der Waals surface area (Å²) >= 11 is 0. The van der Waals surface area contributed by atoms with Crippen LogP contribution in [0.4, 0.5) is 0 Å². The second-order valence-electron chi connectivity index (χ2n) is 4.02. The summed E-state index contributed by atoms with van der Waals surface area (Å²) in [5.74, 6) is 0.441. The topological polar surface area (TPSA) is 71.3 Å². The Morgan fingerprint density at radius 3 is 3.06 bits per heavy atom. The SMILES string of the molecule is CNC1CCCN(C(=O)c2noc(C)n2)C1. The number of piperidine rings is 1. The summed E-state index contributed by atoms with van der Waals surface area (Å²) in [6, 6.07) is 0.366. The van der Waals surface area contributed by atoms with Crippen LogP contribution in [0.5, 0.6) is 0 Å². The molecule has 6 heteroatoms. The van der Waals surface area contributed by atoms with Crippen LogP contribution in [-0.2, 0) is 0 Å². The van der Waals surface area contributed by atoms with E-state index in [9.17, 15) is 4.79 Å². The van der Waals surface area contributed by atoms with Gasteiger partial charge < -0.3 is 14.7 Å². The van der Waals surface area contributed by atoms with Crippen molar-refractivity contribution in [1.29, 1.82) is 0 Å². The zero-order valence-electron chi connectivity index (χ0n) is 9.56. The predicted molar refractivity (Wildman–Crippen MR) is 57.0 cm³/mol. The van der Waals surface area contributed by atoms with Crippen LogP contribution >= 0.6 is 0 Å². The fourth-order valence-corrected chi connectivity index (χ4v) is 1.92. The van der Waals surface area contributed by atoms with Crippen molar-refractivity contribution >= 4 is 5.91 Å². The molecule has 0 spiro atoms. The number of aryl methyl sites for hydroxylation is 1. The molecule has 0 bridgehead atoms. The van der Waals surface area contributed by atoms with Crippen LogP contribution < -0.4 is 5.32 Å². The second-order valence-corrected chi connectivity index (χ2v) is 4.02. The molecule has 0 aromatic carbocycles. The molecule has 1 aromatic heterocycles. The number of aromatic nitrogens is 2. The molecule has 2 heterocycles. The highest BCUT2D eigenvalue weighted by Crippen LogP contribution is 2.12. The van der Waals surface area contributed by atoms with Gasteiger partial charge in [-0.2, -0.15) is 4.98 Å². The Labute approximate surface area is 94.0 Å². The number of carbonyl (C=O) groups excluding carboxylic acids is 1. The third kappa shape index (κ3) is 2.21. The molecule has 1 fully saturated rings. The molecule has 1 saturated heterocycles. The molecule has 1 atom stereocenters. The smallest absolute Gasteiger partial charge is 0.295 e. The maximum absolute atomic E-state index is 12.0. The molecule has 16 heavy (non-hydrogen) atoms. The quantitative estimate of drug-likeness (QED) is 0.777. The standard InChI is InChI=1S/C10H16N4O2/c1-7-12-9(13-16-7)10(15)14-5-3-4-8(6-14)11-2/h8,11H,3-6H2,1-2H3. The first-order valence-electron chi connectivity index (χ1n) is 5.47. The van der Waals surface area contributed by atoms with Gasteiger partial charge in [-0.25, -0.2) is 0 Å². The summed E-state index contributed by atoms with van der Waals surface area (Å²) in [6.07, 6.45) is 2.11. The summed E-state index contributed by atoms with van der Waals surface area (Å²) in [4.78, 5) is 17.7. The maximum atomic E-state index is 12.0. The van der Waals surface area contributed by atoms with Crippen LogP contribution in [-0.4, -0.2) is 47.1 Å². The summed E-state index contributed by atoms with van der Waals surface area (Å²) in [6.45, 7) is 3.16. The van der Waals surface area contributed by atoms with Crippen molar-refractivity contribution in [1.82, 2.24) is 20.4 Å². The van der Waals surface area contributed by atoms with Crippen molar-refractivity contribution in [3.8, 4) is 0 Å². The molecule has 0 radical (unpaired) electrons. The van der Waals surface area contributed by atoms with Crippen molar-refractivity contribution in [3.05, 3.63) is 11.7 Å². The Kier molecular flexibility index (Phi) is 3.19. The van der Waals surface area contributed by atoms with Crippen molar-refractivity contribution in [2.75, 3.05) is 20.1 Å². The molecule has 1 N–H and O–H groups in total. The Bertz CT molecular complexity index is 377. The third-order valence-electron chi connectivity index (χ3n) is 2.84. The Balaban J connectivity index is 2.04. The minimum atomic E-state index is -0.142. The van der Waals surface area contributed by atoms with Gasteiger partial charge in [-0.05, 0) is 19.9 Å². The van der Waals surface area contributed by atoms with Gasteiger partial charge >= 0.3 is 0 Å². The Hall–Kier alpha value is -1.43. The lowest BCUT2D eigenvalue weighted by Gasteiger charge is -2.31. The number of nitrogens with zero attached hydrogens (tertiary/aromatic N) is 3. The molecule has 1 aliphatic rings. The Morgan fingerprint density at radius 1 is 1.62 bits per heavy atom. The van der Waals surface area contributed by atoms with Crippen LogP contribution in [0.1, 0.15) is 29.4 Å². The van der Waals surface area contributed by atoms with E-state index in [1.807, 2.05) is 7.05 Å². The first kappa shape index (κ1) is 11.1. The van der Waals surface area contributed by atoms with E-state index in [0.717, 1.165) is 19.4 Å². The van der Waals surface area contributed by atoms with E-state index in [1.165, 1.54) is 0 Å². The van der Waals surface area contributed by atoms with Gasteiger partial charge in [-0.1, -0.05) is 5.16 Å². The lowest BCUT2D eigenvalue weighted by atomic mass is 10.1. The summed E-state index contributed by atoms with van der Waals surface area (Å²) in [5.41, 5.74) is 0. The van der Waals surface area contributed by atoms with Gasteiger partial charge in [0, 0.05) is 26.1 Å². The number of carbonyl (C=O) groups is 1. The van der Waals surface area contributed by atoms with Crippen LogP contribution in [0, 0.1) is 6.92 Å². The second kappa shape index (κ2) is 4.61. The number of hydrogen-bond donors (Lipinski definition) is 1. The number of likely N-dealkylation sites (N-methyl/N-ethyl adjacent to an activating group) is 1. The highest BCUT2D eigenvalue weighted by atomic mass is 16.5. The van der Waals surface area contributed by atoms with E-state index in [2.05, 4.69) is 15.5 Å². The van der Waals surface area contributed by atoms with Gasteiger partial charge in [0.25, 0.3) is 11.7 Å². The van der Waals surface area contributed by atoms with Crippen LogP contribution in [0.3, 0.4) is 0 Å².